The smallest absolute Gasteiger partial charge is 0.262 e. The van der Waals surface area contributed by atoms with Gasteiger partial charge in [-0.05, 0) is 51.0 Å². The number of thiophene rings is 1. The minimum absolute atomic E-state index is 0.118. The maximum absolute atomic E-state index is 13.2. The SMILES string of the molecule is CCOCCCn1c(SCc2nc3sc(C)c(C)c3c(=O)[nH]2)nc2cc(Cl)ccc2c1=O. The summed E-state index contributed by atoms with van der Waals surface area (Å²) >= 11 is 9.00. The Morgan fingerprint density at radius 3 is 2.84 bits per heavy atom. The van der Waals surface area contributed by atoms with Crippen LogP contribution in [-0.2, 0) is 17.0 Å². The molecule has 0 spiro atoms. The highest BCUT2D eigenvalue weighted by Gasteiger charge is 2.15. The zero-order valence-corrected chi connectivity index (χ0v) is 20.4. The molecule has 0 fully saturated rings. The third kappa shape index (κ3) is 4.61. The molecule has 168 valence electrons. The van der Waals surface area contributed by atoms with Gasteiger partial charge in [0.05, 0.1) is 22.0 Å². The average molecular weight is 491 g/mol. The van der Waals surface area contributed by atoms with Crippen LogP contribution in [0.15, 0.2) is 32.9 Å². The number of H-pyrrole nitrogens is 1. The maximum Gasteiger partial charge on any atom is 0.262 e. The molecule has 0 atom stereocenters. The molecule has 0 saturated heterocycles. The Morgan fingerprint density at radius 2 is 2.06 bits per heavy atom. The summed E-state index contributed by atoms with van der Waals surface area (Å²) in [7, 11) is 0. The number of aromatic amines is 1. The standard InChI is InChI=1S/C22H23ClN4O3S2/c1-4-30-9-5-8-27-21(29)15-7-6-14(23)10-16(15)24-22(27)31-11-17-25-19(28)18-12(2)13(3)32-20(18)26-17/h6-7,10H,4-5,8-9,11H2,1-3H3,(H,25,26,28). The fraction of sp³-hybridized carbons (Fsp3) is 0.364. The summed E-state index contributed by atoms with van der Waals surface area (Å²) in [5, 5.41) is 2.25. The van der Waals surface area contributed by atoms with Gasteiger partial charge in [-0.3, -0.25) is 14.2 Å². The van der Waals surface area contributed by atoms with Crippen molar-refractivity contribution in [2.24, 2.45) is 0 Å². The first-order valence-corrected chi connectivity index (χ1v) is 12.5. The molecule has 0 radical (unpaired) electrons. The number of benzene rings is 1. The van der Waals surface area contributed by atoms with E-state index in [0.29, 0.717) is 64.2 Å². The third-order valence-electron chi connectivity index (χ3n) is 5.18. The van der Waals surface area contributed by atoms with Crippen LogP contribution < -0.4 is 11.1 Å². The first-order chi connectivity index (χ1) is 15.4. The van der Waals surface area contributed by atoms with E-state index in [9.17, 15) is 9.59 Å². The maximum atomic E-state index is 13.2. The van der Waals surface area contributed by atoms with Gasteiger partial charge < -0.3 is 9.72 Å². The lowest BCUT2D eigenvalue weighted by Gasteiger charge is -2.13. The van der Waals surface area contributed by atoms with Crippen LogP contribution in [0.5, 0.6) is 0 Å². The van der Waals surface area contributed by atoms with Gasteiger partial charge in [0.1, 0.15) is 10.7 Å². The molecule has 0 bridgehead atoms. The van der Waals surface area contributed by atoms with Crippen molar-refractivity contribution in [2.45, 2.75) is 44.6 Å². The van der Waals surface area contributed by atoms with Crippen molar-refractivity contribution < 1.29 is 4.74 Å². The predicted molar refractivity (Wildman–Crippen MR) is 131 cm³/mol. The van der Waals surface area contributed by atoms with Crippen molar-refractivity contribution in [3.8, 4) is 0 Å². The number of thioether (sulfide) groups is 1. The molecule has 0 amide bonds. The molecule has 10 heteroatoms. The fourth-order valence-corrected chi connectivity index (χ4v) is 5.56. The van der Waals surface area contributed by atoms with Crippen molar-refractivity contribution in [3.63, 3.8) is 0 Å². The highest BCUT2D eigenvalue weighted by atomic mass is 35.5. The number of nitrogens with zero attached hydrogens (tertiary/aromatic N) is 3. The lowest BCUT2D eigenvalue weighted by molar-refractivity contribution is 0.140. The summed E-state index contributed by atoms with van der Waals surface area (Å²) in [6.45, 7) is 7.54. The molecule has 0 aliphatic heterocycles. The van der Waals surface area contributed by atoms with E-state index in [0.717, 1.165) is 15.3 Å². The predicted octanol–water partition coefficient (Wildman–Crippen LogP) is 4.68. The highest BCUT2D eigenvalue weighted by Crippen LogP contribution is 2.27. The van der Waals surface area contributed by atoms with Crippen molar-refractivity contribution in [2.75, 3.05) is 13.2 Å². The van der Waals surface area contributed by atoms with E-state index in [1.165, 1.54) is 23.1 Å². The first-order valence-electron chi connectivity index (χ1n) is 10.3. The zero-order chi connectivity index (χ0) is 22.8. The van der Waals surface area contributed by atoms with Crippen LogP contribution in [0.3, 0.4) is 0 Å². The van der Waals surface area contributed by atoms with E-state index in [1.807, 2.05) is 20.8 Å². The molecule has 3 heterocycles. The van der Waals surface area contributed by atoms with Crippen molar-refractivity contribution in [3.05, 3.63) is 60.2 Å². The summed E-state index contributed by atoms with van der Waals surface area (Å²) in [5.74, 6) is 0.931. The molecule has 4 aromatic rings. The van der Waals surface area contributed by atoms with Crippen LogP contribution >= 0.6 is 34.7 Å². The van der Waals surface area contributed by atoms with Gasteiger partial charge in [-0.2, -0.15) is 0 Å². The van der Waals surface area contributed by atoms with E-state index in [1.54, 1.807) is 22.8 Å². The van der Waals surface area contributed by atoms with Gasteiger partial charge in [0.25, 0.3) is 11.1 Å². The molecule has 32 heavy (non-hydrogen) atoms. The molecule has 7 nitrogen and oxygen atoms in total. The topological polar surface area (TPSA) is 89.9 Å². The number of aryl methyl sites for hydroxylation is 2. The van der Waals surface area contributed by atoms with E-state index in [2.05, 4.69) is 9.97 Å². The molecule has 0 unspecified atom stereocenters. The molecule has 0 saturated carbocycles. The van der Waals surface area contributed by atoms with Crippen molar-refractivity contribution >= 4 is 55.8 Å². The van der Waals surface area contributed by atoms with Gasteiger partial charge in [0.15, 0.2) is 5.16 Å². The molecule has 0 aliphatic carbocycles. The van der Waals surface area contributed by atoms with E-state index >= 15 is 0 Å². The van der Waals surface area contributed by atoms with Gasteiger partial charge in [-0.25, -0.2) is 9.97 Å². The molecule has 1 aromatic carbocycles. The monoisotopic (exact) mass is 490 g/mol. The second-order valence-electron chi connectivity index (χ2n) is 7.33. The Hall–Kier alpha value is -2.20. The molecule has 1 N–H and O–H groups in total. The second-order valence-corrected chi connectivity index (χ2v) is 9.91. The summed E-state index contributed by atoms with van der Waals surface area (Å²) in [5.41, 5.74) is 1.26. The zero-order valence-electron chi connectivity index (χ0n) is 18.0. The second kappa shape index (κ2) is 9.74. The number of rotatable bonds is 8. The molecule has 3 aromatic heterocycles. The summed E-state index contributed by atoms with van der Waals surface area (Å²) in [6, 6.07) is 5.09. The minimum atomic E-state index is -0.139. The number of fused-ring (bicyclic) bond motifs is 2. The number of halogens is 1. The Labute approximate surface area is 197 Å². The highest BCUT2D eigenvalue weighted by molar-refractivity contribution is 7.98. The number of ether oxygens (including phenoxy) is 1. The Bertz CT molecular complexity index is 1410. The molecule has 4 rings (SSSR count). The van der Waals surface area contributed by atoms with Gasteiger partial charge in [0.2, 0.25) is 0 Å². The van der Waals surface area contributed by atoms with Crippen LogP contribution in [-0.4, -0.2) is 32.7 Å². The summed E-state index contributed by atoms with van der Waals surface area (Å²) < 4.78 is 7.09. The first kappa shape index (κ1) is 23.0. The lowest BCUT2D eigenvalue weighted by atomic mass is 10.2. The van der Waals surface area contributed by atoms with Gasteiger partial charge in [-0.15, -0.1) is 11.3 Å². The molecular formula is C22H23ClN4O3S2. The van der Waals surface area contributed by atoms with Gasteiger partial charge >= 0.3 is 0 Å². The summed E-state index contributed by atoms with van der Waals surface area (Å²) in [6.07, 6.45) is 0.691. The largest absolute Gasteiger partial charge is 0.382 e. The summed E-state index contributed by atoms with van der Waals surface area (Å²) in [4.78, 5) is 39.8. The number of hydrogen-bond donors (Lipinski definition) is 1. The molecular weight excluding hydrogens is 468 g/mol. The Morgan fingerprint density at radius 1 is 1.25 bits per heavy atom. The average Bonchev–Trinajstić information content (AvgIpc) is 3.04. The normalized spacial score (nSPS) is 11.6. The van der Waals surface area contributed by atoms with E-state index in [-0.39, 0.29) is 11.1 Å². The van der Waals surface area contributed by atoms with Crippen molar-refractivity contribution in [1.29, 1.82) is 0 Å². The Kier molecular flexibility index (Phi) is 6.99. The van der Waals surface area contributed by atoms with Gasteiger partial charge in [-0.1, -0.05) is 23.4 Å². The quantitative estimate of drug-likeness (QED) is 0.219. The van der Waals surface area contributed by atoms with Gasteiger partial charge in [0, 0.05) is 29.7 Å². The van der Waals surface area contributed by atoms with E-state index < -0.39 is 0 Å². The lowest BCUT2D eigenvalue weighted by Crippen LogP contribution is -2.24. The van der Waals surface area contributed by atoms with Crippen LogP contribution in [0.1, 0.15) is 29.6 Å². The van der Waals surface area contributed by atoms with Crippen LogP contribution in [0, 0.1) is 13.8 Å². The number of aromatic nitrogens is 4. The molecule has 0 aliphatic rings. The van der Waals surface area contributed by atoms with Crippen LogP contribution in [0.4, 0.5) is 0 Å². The van der Waals surface area contributed by atoms with Crippen molar-refractivity contribution in [1.82, 2.24) is 19.5 Å². The number of hydrogen-bond acceptors (Lipinski definition) is 7. The van der Waals surface area contributed by atoms with E-state index in [4.69, 9.17) is 21.3 Å². The van der Waals surface area contributed by atoms with Crippen LogP contribution in [0.25, 0.3) is 21.1 Å². The third-order valence-corrected chi connectivity index (χ3v) is 7.51. The minimum Gasteiger partial charge on any atom is -0.382 e. The fourth-order valence-electron chi connectivity index (χ4n) is 3.45. The number of nitrogens with one attached hydrogen (secondary N) is 1. The Balaban J connectivity index is 1.68. The van der Waals surface area contributed by atoms with Crippen LogP contribution in [0.2, 0.25) is 5.02 Å².